The van der Waals surface area contributed by atoms with Crippen LogP contribution in [0.25, 0.3) is 11.1 Å². The van der Waals surface area contributed by atoms with E-state index in [1.807, 2.05) is 25.1 Å². The van der Waals surface area contributed by atoms with Crippen LogP contribution in [0.5, 0.6) is 0 Å². The number of aryl methyl sites for hydroxylation is 1. The second-order valence-corrected chi connectivity index (χ2v) is 5.43. The predicted molar refractivity (Wildman–Crippen MR) is 76.4 cm³/mol. The van der Waals surface area contributed by atoms with Gasteiger partial charge >= 0.3 is 0 Å². The van der Waals surface area contributed by atoms with Crippen molar-refractivity contribution in [1.29, 1.82) is 0 Å². The lowest BCUT2D eigenvalue weighted by Gasteiger charge is -2.11. The number of rotatable bonds is 4. The number of halogens is 2. The molecule has 104 valence electrons. The summed E-state index contributed by atoms with van der Waals surface area (Å²) in [5.41, 5.74) is 3.14. The van der Waals surface area contributed by atoms with Crippen LogP contribution < -0.4 is 5.32 Å². The van der Waals surface area contributed by atoms with Gasteiger partial charge < -0.3 is 5.32 Å². The Labute approximate surface area is 117 Å². The van der Waals surface area contributed by atoms with Crippen LogP contribution in [0.1, 0.15) is 24.0 Å². The summed E-state index contributed by atoms with van der Waals surface area (Å²) >= 11 is 0. The highest BCUT2D eigenvalue weighted by molar-refractivity contribution is 5.68. The fourth-order valence-corrected chi connectivity index (χ4v) is 2.32. The van der Waals surface area contributed by atoms with Crippen molar-refractivity contribution < 1.29 is 8.78 Å². The van der Waals surface area contributed by atoms with E-state index in [0.717, 1.165) is 29.3 Å². The maximum absolute atomic E-state index is 13.9. The van der Waals surface area contributed by atoms with Crippen LogP contribution in [0.4, 0.5) is 8.78 Å². The Bertz CT molecular complexity index is 633. The maximum atomic E-state index is 13.9. The highest BCUT2D eigenvalue weighted by Gasteiger charge is 2.20. The molecule has 1 aliphatic rings. The molecule has 2 aromatic carbocycles. The summed E-state index contributed by atoms with van der Waals surface area (Å²) < 4.78 is 27.3. The van der Waals surface area contributed by atoms with Gasteiger partial charge in [0.2, 0.25) is 0 Å². The molecule has 2 aromatic rings. The van der Waals surface area contributed by atoms with Gasteiger partial charge in [0.15, 0.2) is 0 Å². The normalized spacial score (nSPS) is 14.6. The van der Waals surface area contributed by atoms with Gasteiger partial charge in [-0.15, -0.1) is 0 Å². The van der Waals surface area contributed by atoms with E-state index in [1.54, 1.807) is 0 Å². The highest BCUT2D eigenvalue weighted by atomic mass is 19.1. The minimum atomic E-state index is -0.415. The van der Waals surface area contributed by atoms with Crippen molar-refractivity contribution in [2.75, 3.05) is 0 Å². The van der Waals surface area contributed by atoms with Gasteiger partial charge in [-0.3, -0.25) is 0 Å². The third-order valence-corrected chi connectivity index (χ3v) is 3.69. The van der Waals surface area contributed by atoms with Crippen molar-refractivity contribution in [2.45, 2.75) is 32.4 Å². The molecule has 1 saturated carbocycles. The van der Waals surface area contributed by atoms with E-state index in [2.05, 4.69) is 5.32 Å². The van der Waals surface area contributed by atoms with Crippen molar-refractivity contribution in [1.82, 2.24) is 5.32 Å². The Balaban J connectivity index is 1.94. The van der Waals surface area contributed by atoms with E-state index < -0.39 is 5.82 Å². The first-order chi connectivity index (χ1) is 9.63. The van der Waals surface area contributed by atoms with E-state index >= 15 is 0 Å². The van der Waals surface area contributed by atoms with Gasteiger partial charge in [0, 0.05) is 18.2 Å². The zero-order valence-corrected chi connectivity index (χ0v) is 11.4. The topological polar surface area (TPSA) is 12.0 Å². The van der Waals surface area contributed by atoms with E-state index in [4.69, 9.17) is 0 Å². The van der Waals surface area contributed by atoms with Crippen LogP contribution in [-0.4, -0.2) is 6.04 Å². The molecule has 0 saturated heterocycles. The Kier molecular flexibility index (Phi) is 3.53. The van der Waals surface area contributed by atoms with Gasteiger partial charge in [0.1, 0.15) is 11.6 Å². The lowest BCUT2D eigenvalue weighted by molar-refractivity contribution is 0.603. The lowest BCUT2D eigenvalue weighted by Crippen LogP contribution is -2.15. The molecule has 0 atom stereocenters. The van der Waals surface area contributed by atoms with E-state index in [0.29, 0.717) is 11.6 Å². The molecule has 0 unspecified atom stereocenters. The molecule has 0 aliphatic heterocycles. The van der Waals surface area contributed by atoms with E-state index in [-0.39, 0.29) is 5.82 Å². The third kappa shape index (κ3) is 2.88. The zero-order chi connectivity index (χ0) is 14.1. The summed E-state index contributed by atoms with van der Waals surface area (Å²) in [6.07, 6.45) is 2.47. The van der Waals surface area contributed by atoms with Crippen LogP contribution in [0, 0.1) is 18.6 Å². The lowest BCUT2D eigenvalue weighted by atomic mass is 9.97. The zero-order valence-electron chi connectivity index (χ0n) is 11.4. The Morgan fingerprint density at radius 2 is 1.85 bits per heavy atom. The predicted octanol–water partition coefficient (Wildman–Crippen LogP) is 4.19. The molecule has 1 fully saturated rings. The Morgan fingerprint density at radius 3 is 2.60 bits per heavy atom. The molecule has 0 radical (unpaired) electrons. The second-order valence-electron chi connectivity index (χ2n) is 5.43. The molecule has 0 aromatic heterocycles. The van der Waals surface area contributed by atoms with Gasteiger partial charge in [0.25, 0.3) is 0 Å². The minimum Gasteiger partial charge on any atom is -0.310 e. The summed E-state index contributed by atoms with van der Waals surface area (Å²) in [6.45, 7) is 2.69. The SMILES string of the molecule is Cc1ccc(CNC2CC2)cc1-c1cc(F)ccc1F. The fraction of sp³-hybridized carbons (Fsp3) is 0.294. The summed E-state index contributed by atoms with van der Waals surface area (Å²) in [7, 11) is 0. The van der Waals surface area contributed by atoms with Crippen LogP contribution in [0.3, 0.4) is 0 Å². The molecule has 0 amide bonds. The van der Waals surface area contributed by atoms with Crippen molar-refractivity contribution in [3.05, 3.63) is 59.2 Å². The van der Waals surface area contributed by atoms with Crippen LogP contribution in [-0.2, 0) is 6.54 Å². The molecule has 0 heterocycles. The molecule has 3 rings (SSSR count). The first-order valence-corrected chi connectivity index (χ1v) is 6.92. The van der Waals surface area contributed by atoms with Crippen molar-refractivity contribution in [3.63, 3.8) is 0 Å². The van der Waals surface area contributed by atoms with Gasteiger partial charge in [-0.05, 0) is 60.7 Å². The van der Waals surface area contributed by atoms with Crippen LogP contribution in [0.15, 0.2) is 36.4 Å². The fourth-order valence-electron chi connectivity index (χ4n) is 2.32. The molecule has 0 bridgehead atoms. The molecular weight excluding hydrogens is 256 g/mol. The average Bonchev–Trinajstić information content (AvgIpc) is 3.25. The quantitative estimate of drug-likeness (QED) is 0.880. The van der Waals surface area contributed by atoms with Gasteiger partial charge in [-0.1, -0.05) is 12.1 Å². The van der Waals surface area contributed by atoms with Crippen LogP contribution >= 0.6 is 0 Å². The van der Waals surface area contributed by atoms with Gasteiger partial charge in [-0.2, -0.15) is 0 Å². The van der Waals surface area contributed by atoms with Gasteiger partial charge in [-0.25, -0.2) is 8.78 Å². The van der Waals surface area contributed by atoms with Gasteiger partial charge in [0.05, 0.1) is 0 Å². The average molecular weight is 273 g/mol. The summed E-state index contributed by atoms with van der Waals surface area (Å²) in [5, 5.41) is 3.43. The number of hydrogen-bond acceptors (Lipinski definition) is 1. The summed E-state index contributed by atoms with van der Waals surface area (Å²) in [4.78, 5) is 0. The molecule has 1 N–H and O–H groups in total. The summed E-state index contributed by atoms with van der Waals surface area (Å²) in [5.74, 6) is -0.802. The third-order valence-electron chi connectivity index (χ3n) is 3.69. The van der Waals surface area contributed by atoms with Crippen molar-refractivity contribution in [3.8, 4) is 11.1 Å². The van der Waals surface area contributed by atoms with E-state index in [1.165, 1.54) is 25.0 Å². The van der Waals surface area contributed by atoms with Crippen molar-refractivity contribution >= 4 is 0 Å². The smallest absolute Gasteiger partial charge is 0.131 e. The standard InChI is InChI=1S/C17H17F2N/c1-11-2-3-12(10-20-14-5-6-14)8-15(11)16-9-13(18)4-7-17(16)19/h2-4,7-9,14,20H,5-6,10H2,1H3. The number of nitrogens with one attached hydrogen (secondary N) is 1. The number of benzene rings is 2. The Morgan fingerprint density at radius 1 is 1.05 bits per heavy atom. The first kappa shape index (κ1) is 13.3. The minimum absolute atomic E-state index is 0.329. The largest absolute Gasteiger partial charge is 0.310 e. The molecular formula is C17H17F2N. The molecule has 1 nitrogen and oxygen atoms in total. The molecule has 20 heavy (non-hydrogen) atoms. The van der Waals surface area contributed by atoms with Crippen molar-refractivity contribution in [2.24, 2.45) is 0 Å². The molecule has 3 heteroatoms. The second kappa shape index (κ2) is 5.33. The monoisotopic (exact) mass is 273 g/mol. The van der Waals surface area contributed by atoms with E-state index in [9.17, 15) is 8.78 Å². The molecule has 1 aliphatic carbocycles. The summed E-state index contributed by atoms with van der Waals surface area (Å²) in [6, 6.07) is 10.2. The highest BCUT2D eigenvalue weighted by Crippen LogP contribution is 2.28. The number of hydrogen-bond donors (Lipinski definition) is 1. The maximum Gasteiger partial charge on any atom is 0.131 e. The molecule has 0 spiro atoms. The first-order valence-electron chi connectivity index (χ1n) is 6.92. The Hall–Kier alpha value is -1.74. The van der Waals surface area contributed by atoms with Crippen LogP contribution in [0.2, 0.25) is 0 Å².